The molecule has 2 atom stereocenters. The van der Waals surface area contributed by atoms with Crippen molar-refractivity contribution in [2.45, 2.75) is 43.0 Å². The van der Waals surface area contributed by atoms with Crippen molar-refractivity contribution in [1.82, 2.24) is 10.0 Å². The van der Waals surface area contributed by atoms with Gasteiger partial charge in [0.05, 0.1) is 4.90 Å². The highest BCUT2D eigenvalue weighted by molar-refractivity contribution is 7.89. The molecule has 2 N–H and O–H groups in total. The smallest absolute Gasteiger partial charge is 0.240 e. The third-order valence-corrected chi connectivity index (χ3v) is 6.81. The minimum atomic E-state index is -3.54. The van der Waals surface area contributed by atoms with Gasteiger partial charge in [-0.15, -0.1) is 0 Å². The topological polar surface area (TPSA) is 58.2 Å². The summed E-state index contributed by atoms with van der Waals surface area (Å²) in [4.78, 5) is 0.335. The first-order valence-electron chi connectivity index (χ1n) is 9.45. The van der Waals surface area contributed by atoms with Crippen LogP contribution >= 0.6 is 0 Å². The number of sulfonamides is 1. The molecular weight excluding hydrogens is 344 g/mol. The first kappa shape index (κ1) is 19.1. The van der Waals surface area contributed by atoms with Crippen LogP contribution in [-0.2, 0) is 10.0 Å². The SMILES string of the molecule is CCC(c1ccccc1)C(NS(=O)(=O)c1ccccc1)C1CCNCC1. The summed E-state index contributed by atoms with van der Waals surface area (Å²) in [6, 6.07) is 18.9. The fraction of sp³-hybridized carbons (Fsp3) is 0.429. The largest absolute Gasteiger partial charge is 0.317 e. The summed E-state index contributed by atoms with van der Waals surface area (Å²) < 4.78 is 29.1. The van der Waals surface area contributed by atoms with Crippen LogP contribution in [0.15, 0.2) is 65.6 Å². The Bertz CT molecular complexity index is 772. The Kier molecular flexibility index (Phi) is 6.46. The Morgan fingerprint density at radius 3 is 2.15 bits per heavy atom. The molecule has 2 aromatic rings. The van der Waals surface area contributed by atoms with E-state index in [1.165, 1.54) is 5.56 Å². The molecule has 140 valence electrons. The highest BCUT2D eigenvalue weighted by Gasteiger charge is 2.34. The molecule has 2 aromatic carbocycles. The van der Waals surface area contributed by atoms with E-state index in [0.717, 1.165) is 32.4 Å². The Labute approximate surface area is 157 Å². The lowest BCUT2D eigenvalue weighted by Crippen LogP contribution is -2.47. The molecule has 0 amide bonds. The van der Waals surface area contributed by atoms with Gasteiger partial charge >= 0.3 is 0 Å². The van der Waals surface area contributed by atoms with Crippen LogP contribution in [0, 0.1) is 5.92 Å². The van der Waals surface area contributed by atoms with E-state index in [-0.39, 0.29) is 12.0 Å². The normalized spacial score (nSPS) is 18.3. The van der Waals surface area contributed by atoms with Gasteiger partial charge in [-0.1, -0.05) is 55.5 Å². The summed E-state index contributed by atoms with van der Waals surface area (Å²) in [6.07, 6.45) is 2.88. The molecule has 1 heterocycles. The Morgan fingerprint density at radius 1 is 1.00 bits per heavy atom. The van der Waals surface area contributed by atoms with Crippen molar-refractivity contribution in [2.24, 2.45) is 5.92 Å². The minimum absolute atomic E-state index is 0.102. The van der Waals surface area contributed by atoms with Gasteiger partial charge in [0, 0.05) is 12.0 Å². The molecule has 0 aliphatic carbocycles. The van der Waals surface area contributed by atoms with Gasteiger partial charge in [0.25, 0.3) is 0 Å². The molecule has 0 bridgehead atoms. The van der Waals surface area contributed by atoms with Gasteiger partial charge in [-0.05, 0) is 56.0 Å². The van der Waals surface area contributed by atoms with Gasteiger partial charge < -0.3 is 5.32 Å². The number of benzene rings is 2. The molecule has 5 heteroatoms. The zero-order chi connectivity index (χ0) is 18.4. The number of hydrogen-bond acceptors (Lipinski definition) is 3. The second kappa shape index (κ2) is 8.80. The highest BCUT2D eigenvalue weighted by atomic mass is 32.2. The van der Waals surface area contributed by atoms with Crippen LogP contribution in [0.25, 0.3) is 0 Å². The molecule has 26 heavy (non-hydrogen) atoms. The maximum absolute atomic E-state index is 13.0. The first-order chi connectivity index (χ1) is 12.6. The molecule has 4 nitrogen and oxygen atoms in total. The summed E-state index contributed by atoms with van der Waals surface area (Å²) in [6.45, 7) is 4.03. The molecule has 0 spiro atoms. The van der Waals surface area contributed by atoms with Crippen molar-refractivity contribution in [2.75, 3.05) is 13.1 Å². The van der Waals surface area contributed by atoms with E-state index in [1.807, 2.05) is 24.3 Å². The lowest BCUT2D eigenvalue weighted by molar-refractivity contribution is 0.269. The minimum Gasteiger partial charge on any atom is -0.317 e. The molecular formula is C21H28N2O2S. The van der Waals surface area contributed by atoms with E-state index < -0.39 is 10.0 Å². The van der Waals surface area contributed by atoms with Crippen molar-refractivity contribution in [3.63, 3.8) is 0 Å². The van der Waals surface area contributed by atoms with Gasteiger partial charge in [0.15, 0.2) is 0 Å². The molecule has 3 rings (SSSR count). The van der Waals surface area contributed by atoms with Crippen molar-refractivity contribution >= 4 is 10.0 Å². The predicted molar refractivity (Wildman–Crippen MR) is 106 cm³/mol. The van der Waals surface area contributed by atoms with E-state index in [0.29, 0.717) is 10.8 Å². The van der Waals surface area contributed by atoms with Crippen molar-refractivity contribution in [3.8, 4) is 0 Å². The highest BCUT2D eigenvalue weighted by Crippen LogP contribution is 2.32. The van der Waals surface area contributed by atoms with Crippen molar-refractivity contribution in [1.29, 1.82) is 0 Å². The van der Waals surface area contributed by atoms with E-state index in [1.54, 1.807) is 24.3 Å². The lowest BCUT2D eigenvalue weighted by atomic mass is 9.79. The lowest BCUT2D eigenvalue weighted by Gasteiger charge is -2.36. The monoisotopic (exact) mass is 372 g/mol. The summed E-state index contributed by atoms with van der Waals surface area (Å²) in [5.74, 6) is 0.498. The number of rotatable bonds is 7. The van der Waals surface area contributed by atoms with E-state index in [4.69, 9.17) is 0 Å². The second-order valence-corrected chi connectivity index (χ2v) is 8.69. The fourth-order valence-corrected chi connectivity index (χ4v) is 5.32. The third kappa shape index (κ3) is 4.53. The number of piperidine rings is 1. The maximum Gasteiger partial charge on any atom is 0.240 e. The Morgan fingerprint density at radius 2 is 1.58 bits per heavy atom. The van der Waals surface area contributed by atoms with Crippen molar-refractivity contribution < 1.29 is 8.42 Å². The van der Waals surface area contributed by atoms with Crippen LogP contribution in [0.2, 0.25) is 0 Å². The van der Waals surface area contributed by atoms with Gasteiger partial charge in [0.2, 0.25) is 10.0 Å². The average molecular weight is 373 g/mol. The molecule has 0 radical (unpaired) electrons. The molecule has 0 saturated carbocycles. The van der Waals surface area contributed by atoms with Crippen LogP contribution in [0.1, 0.15) is 37.7 Å². The molecule has 2 unspecified atom stereocenters. The number of nitrogens with one attached hydrogen (secondary N) is 2. The Balaban J connectivity index is 1.92. The van der Waals surface area contributed by atoms with Crippen LogP contribution in [-0.4, -0.2) is 27.5 Å². The van der Waals surface area contributed by atoms with Gasteiger partial charge in [-0.3, -0.25) is 0 Å². The molecule has 0 aromatic heterocycles. The number of hydrogen-bond donors (Lipinski definition) is 2. The zero-order valence-electron chi connectivity index (χ0n) is 15.3. The van der Waals surface area contributed by atoms with E-state index >= 15 is 0 Å². The van der Waals surface area contributed by atoms with Crippen LogP contribution < -0.4 is 10.0 Å². The standard InChI is InChI=1S/C21H28N2O2S/c1-2-20(17-9-5-3-6-10-17)21(18-13-15-22-16-14-18)23-26(24,25)19-11-7-4-8-12-19/h3-12,18,20-23H,2,13-16H2,1H3. The van der Waals surface area contributed by atoms with Crippen LogP contribution in [0.5, 0.6) is 0 Å². The van der Waals surface area contributed by atoms with Crippen LogP contribution in [0.4, 0.5) is 0 Å². The predicted octanol–water partition coefficient (Wildman–Crippen LogP) is 3.53. The summed E-state index contributed by atoms with van der Waals surface area (Å²) in [7, 11) is -3.54. The van der Waals surface area contributed by atoms with E-state index in [9.17, 15) is 8.42 Å². The summed E-state index contributed by atoms with van der Waals surface area (Å²) in [5, 5.41) is 3.38. The Hall–Kier alpha value is -1.69. The van der Waals surface area contributed by atoms with Crippen LogP contribution in [0.3, 0.4) is 0 Å². The molecule has 1 aliphatic heterocycles. The zero-order valence-corrected chi connectivity index (χ0v) is 16.1. The quantitative estimate of drug-likeness (QED) is 0.782. The fourth-order valence-electron chi connectivity index (χ4n) is 3.95. The average Bonchev–Trinajstić information content (AvgIpc) is 2.70. The van der Waals surface area contributed by atoms with E-state index in [2.05, 4.69) is 29.1 Å². The second-order valence-electron chi connectivity index (χ2n) is 6.97. The van der Waals surface area contributed by atoms with Gasteiger partial charge in [-0.2, -0.15) is 0 Å². The molecule has 1 fully saturated rings. The van der Waals surface area contributed by atoms with Gasteiger partial charge in [0.1, 0.15) is 0 Å². The summed E-state index contributed by atoms with van der Waals surface area (Å²) in [5.41, 5.74) is 1.20. The third-order valence-electron chi connectivity index (χ3n) is 5.34. The summed E-state index contributed by atoms with van der Waals surface area (Å²) >= 11 is 0. The van der Waals surface area contributed by atoms with Gasteiger partial charge in [-0.25, -0.2) is 13.1 Å². The maximum atomic E-state index is 13.0. The molecule has 1 saturated heterocycles. The first-order valence-corrected chi connectivity index (χ1v) is 10.9. The van der Waals surface area contributed by atoms with Crippen molar-refractivity contribution in [3.05, 3.63) is 66.2 Å². The molecule has 1 aliphatic rings.